The molecule has 1 heterocycles. The Morgan fingerprint density at radius 1 is 1.25 bits per heavy atom. The second-order valence-electron chi connectivity index (χ2n) is 4.08. The first-order chi connectivity index (χ1) is 9.62. The molecule has 20 heavy (non-hydrogen) atoms. The molecule has 2 aromatic rings. The van der Waals surface area contributed by atoms with E-state index in [0.717, 1.165) is 24.2 Å². The molecule has 0 aliphatic rings. The smallest absolute Gasteiger partial charge is 0.144 e. The summed E-state index contributed by atoms with van der Waals surface area (Å²) in [6.07, 6.45) is 1.60. The van der Waals surface area contributed by atoms with Crippen LogP contribution in [-0.4, -0.2) is 9.97 Å². The van der Waals surface area contributed by atoms with Crippen LogP contribution in [0.2, 0.25) is 0 Å². The Balaban J connectivity index is 2.29. The van der Waals surface area contributed by atoms with Gasteiger partial charge < -0.3 is 5.43 Å². The maximum atomic E-state index is 13.6. The highest BCUT2D eigenvalue weighted by Crippen LogP contribution is 2.30. The number of nitrogens with one attached hydrogen (secondary N) is 1. The zero-order valence-electron chi connectivity index (χ0n) is 10.9. The van der Waals surface area contributed by atoms with Crippen LogP contribution in [0.4, 0.5) is 14.6 Å². The van der Waals surface area contributed by atoms with Gasteiger partial charge in [0.1, 0.15) is 28.3 Å². The number of hydrogen-bond acceptors (Lipinski definition) is 5. The van der Waals surface area contributed by atoms with Crippen molar-refractivity contribution in [3.63, 3.8) is 0 Å². The number of aryl methyl sites for hydroxylation is 1. The van der Waals surface area contributed by atoms with Gasteiger partial charge in [-0.25, -0.2) is 24.6 Å². The fourth-order valence-corrected chi connectivity index (χ4v) is 2.44. The number of nitrogens with zero attached hydrogens (tertiary/aromatic N) is 2. The zero-order chi connectivity index (χ0) is 14.5. The molecule has 0 amide bonds. The van der Waals surface area contributed by atoms with Gasteiger partial charge in [0, 0.05) is 23.4 Å². The van der Waals surface area contributed by atoms with Crippen LogP contribution in [0, 0.1) is 11.6 Å². The Bertz CT molecular complexity index is 607. The van der Waals surface area contributed by atoms with E-state index in [-0.39, 0.29) is 0 Å². The van der Waals surface area contributed by atoms with Gasteiger partial charge in [0.25, 0.3) is 0 Å². The predicted molar refractivity (Wildman–Crippen MR) is 74.3 cm³/mol. The average Bonchev–Trinajstić information content (AvgIpc) is 2.42. The van der Waals surface area contributed by atoms with Crippen LogP contribution in [-0.2, 0) is 6.42 Å². The highest BCUT2D eigenvalue weighted by atomic mass is 32.2. The second kappa shape index (κ2) is 6.62. The van der Waals surface area contributed by atoms with Gasteiger partial charge >= 0.3 is 0 Å². The number of rotatable bonds is 5. The van der Waals surface area contributed by atoms with Crippen LogP contribution in [0.25, 0.3) is 0 Å². The molecule has 106 valence electrons. The van der Waals surface area contributed by atoms with Crippen LogP contribution >= 0.6 is 11.8 Å². The van der Waals surface area contributed by atoms with Gasteiger partial charge in [-0.05, 0) is 18.6 Å². The third kappa shape index (κ3) is 3.64. The number of aromatic nitrogens is 2. The molecule has 0 saturated heterocycles. The maximum Gasteiger partial charge on any atom is 0.144 e. The summed E-state index contributed by atoms with van der Waals surface area (Å²) in [6, 6.07) is 5.05. The van der Waals surface area contributed by atoms with E-state index in [1.54, 1.807) is 6.07 Å². The Morgan fingerprint density at radius 2 is 2.05 bits per heavy atom. The third-order valence-corrected chi connectivity index (χ3v) is 3.45. The SMILES string of the molecule is CCCc1nc(NN)cc(Sc2ccc(F)cc2F)n1. The fraction of sp³-hybridized carbons (Fsp3) is 0.231. The number of hydrogen-bond donors (Lipinski definition) is 2. The van der Waals surface area contributed by atoms with E-state index in [4.69, 9.17) is 5.84 Å². The van der Waals surface area contributed by atoms with Crippen molar-refractivity contribution in [3.8, 4) is 0 Å². The molecule has 0 spiro atoms. The normalized spacial score (nSPS) is 10.6. The minimum atomic E-state index is -0.618. The molecule has 1 aromatic carbocycles. The van der Waals surface area contributed by atoms with Crippen molar-refractivity contribution in [2.24, 2.45) is 5.84 Å². The van der Waals surface area contributed by atoms with Crippen LogP contribution in [0.3, 0.4) is 0 Å². The van der Waals surface area contributed by atoms with Crippen LogP contribution in [0.15, 0.2) is 34.2 Å². The van der Waals surface area contributed by atoms with Crippen molar-refractivity contribution in [2.45, 2.75) is 29.7 Å². The summed E-state index contributed by atoms with van der Waals surface area (Å²) < 4.78 is 26.5. The lowest BCUT2D eigenvalue weighted by atomic mass is 10.3. The van der Waals surface area contributed by atoms with E-state index < -0.39 is 11.6 Å². The number of benzene rings is 1. The third-order valence-electron chi connectivity index (χ3n) is 2.48. The van der Waals surface area contributed by atoms with Gasteiger partial charge in [-0.1, -0.05) is 18.7 Å². The first kappa shape index (κ1) is 14.7. The molecule has 7 heteroatoms. The molecule has 4 nitrogen and oxygen atoms in total. The highest BCUT2D eigenvalue weighted by Gasteiger charge is 2.09. The second-order valence-corrected chi connectivity index (χ2v) is 5.14. The minimum absolute atomic E-state index is 0.301. The van der Waals surface area contributed by atoms with Crippen LogP contribution in [0.1, 0.15) is 19.2 Å². The van der Waals surface area contributed by atoms with Crippen molar-refractivity contribution in [3.05, 3.63) is 41.7 Å². The molecular weight excluding hydrogens is 282 g/mol. The Kier molecular flexibility index (Phi) is 4.86. The first-order valence-corrected chi connectivity index (χ1v) is 6.91. The lowest BCUT2D eigenvalue weighted by Gasteiger charge is -2.07. The standard InChI is InChI=1S/C13H14F2N4S/c1-2-3-11-17-12(19-16)7-13(18-11)20-10-5-4-8(14)6-9(10)15/h4-7H,2-3,16H2,1H3,(H,17,18,19). The van der Waals surface area contributed by atoms with Gasteiger partial charge in [-0.3, -0.25) is 0 Å². The highest BCUT2D eigenvalue weighted by molar-refractivity contribution is 7.99. The molecular formula is C13H14F2N4S. The quantitative estimate of drug-likeness (QED) is 0.504. The molecule has 0 bridgehead atoms. The van der Waals surface area contributed by atoms with E-state index in [0.29, 0.717) is 28.0 Å². The minimum Gasteiger partial charge on any atom is -0.308 e. The summed E-state index contributed by atoms with van der Waals surface area (Å²) in [5.74, 6) is 5.23. The Morgan fingerprint density at radius 3 is 2.70 bits per heavy atom. The van der Waals surface area contributed by atoms with Gasteiger partial charge in [0.2, 0.25) is 0 Å². The van der Waals surface area contributed by atoms with Gasteiger partial charge in [0.05, 0.1) is 0 Å². The number of nitrogen functional groups attached to an aromatic ring is 1. The topological polar surface area (TPSA) is 63.8 Å². The number of anilines is 1. The molecule has 0 radical (unpaired) electrons. The van der Waals surface area contributed by atoms with Crippen molar-refractivity contribution >= 4 is 17.6 Å². The van der Waals surface area contributed by atoms with E-state index in [2.05, 4.69) is 15.4 Å². The summed E-state index contributed by atoms with van der Waals surface area (Å²) >= 11 is 1.10. The van der Waals surface area contributed by atoms with Crippen molar-refractivity contribution in [1.29, 1.82) is 0 Å². The molecule has 0 atom stereocenters. The van der Waals surface area contributed by atoms with Crippen molar-refractivity contribution < 1.29 is 8.78 Å². The lowest BCUT2D eigenvalue weighted by molar-refractivity contribution is 0.565. The summed E-state index contributed by atoms with van der Waals surface area (Å²) in [5.41, 5.74) is 2.46. The maximum absolute atomic E-state index is 13.6. The molecule has 0 unspecified atom stereocenters. The molecule has 2 rings (SSSR count). The molecule has 0 fully saturated rings. The monoisotopic (exact) mass is 296 g/mol. The number of hydrazine groups is 1. The van der Waals surface area contributed by atoms with Crippen molar-refractivity contribution in [1.82, 2.24) is 9.97 Å². The molecule has 0 aliphatic heterocycles. The first-order valence-electron chi connectivity index (χ1n) is 6.10. The lowest BCUT2D eigenvalue weighted by Crippen LogP contribution is -2.10. The molecule has 0 saturated carbocycles. The summed E-state index contributed by atoms with van der Waals surface area (Å²) in [4.78, 5) is 8.83. The molecule has 3 N–H and O–H groups in total. The summed E-state index contributed by atoms with van der Waals surface area (Å²) in [6.45, 7) is 2.01. The number of halogens is 2. The molecule has 0 aliphatic carbocycles. The average molecular weight is 296 g/mol. The van der Waals surface area contributed by atoms with E-state index in [1.165, 1.54) is 12.1 Å². The van der Waals surface area contributed by atoms with E-state index >= 15 is 0 Å². The Labute approximate surface area is 119 Å². The van der Waals surface area contributed by atoms with E-state index in [1.807, 2.05) is 6.92 Å². The Hall–Kier alpha value is -1.73. The summed E-state index contributed by atoms with van der Waals surface area (Å²) in [5, 5.41) is 0.557. The van der Waals surface area contributed by atoms with Crippen molar-refractivity contribution in [2.75, 3.05) is 5.43 Å². The largest absolute Gasteiger partial charge is 0.308 e. The van der Waals surface area contributed by atoms with E-state index in [9.17, 15) is 8.78 Å². The van der Waals surface area contributed by atoms with Gasteiger partial charge in [-0.2, -0.15) is 0 Å². The molecule has 1 aromatic heterocycles. The fourth-order valence-electron chi connectivity index (χ4n) is 1.61. The van der Waals surface area contributed by atoms with Crippen LogP contribution in [0.5, 0.6) is 0 Å². The summed E-state index contributed by atoms with van der Waals surface area (Å²) in [7, 11) is 0. The van der Waals surface area contributed by atoms with Gasteiger partial charge in [0.15, 0.2) is 0 Å². The number of nitrogens with two attached hydrogens (primary N) is 1. The predicted octanol–water partition coefficient (Wildman–Crippen LogP) is 3.14. The zero-order valence-corrected chi connectivity index (χ0v) is 11.7. The van der Waals surface area contributed by atoms with Crippen LogP contribution < -0.4 is 11.3 Å². The van der Waals surface area contributed by atoms with Gasteiger partial charge in [-0.15, -0.1) is 0 Å².